The molecule has 1 saturated carbocycles. The zero-order valence-electron chi connectivity index (χ0n) is 8.60. The Labute approximate surface area is 97.0 Å². The summed E-state index contributed by atoms with van der Waals surface area (Å²) in [6, 6.07) is 1.48. The third-order valence-electron chi connectivity index (χ3n) is 2.84. The maximum absolute atomic E-state index is 12.7. The number of oxime groups is 1. The monoisotopic (exact) mass is 245 g/mol. The van der Waals surface area contributed by atoms with Gasteiger partial charge in [-0.05, 0) is 18.0 Å². The van der Waals surface area contributed by atoms with Crippen molar-refractivity contribution in [3.63, 3.8) is 0 Å². The number of nitroso groups, excluding NO2 is 1. The fourth-order valence-corrected chi connectivity index (χ4v) is 2.35. The van der Waals surface area contributed by atoms with Crippen LogP contribution in [-0.2, 0) is 0 Å². The lowest BCUT2D eigenvalue weighted by molar-refractivity contribution is 0.306. The van der Waals surface area contributed by atoms with Gasteiger partial charge in [-0.3, -0.25) is 0 Å². The van der Waals surface area contributed by atoms with E-state index in [2.05, 4.69) is 10.3 Å². The van der Waals surface area contributed by atoms with Crippen molar-refractivity contribution in [3.05, 3.63) is 4.91 Å². The van der Waals surface area contributed by atoms with E-state index in [4.69, 9.17) is 10.5 Å². The van der Waals surface area contributed by atoms with Gasteiger partial charge < -0.3 is 5.21 Å². The molecule has 1 rings (SSSR count). The number of hydrogen-bond donors (Lipinski definition) is 1. The Balaban J connectivity index is 2.96. The Morgan fingerprint density at radius 2 is 2.12 bits per heavy atom. The summed E-state index contributed by atoms with van der Waals surface area (Å²) >= 11 is -0.487. The van der Waals surface area contributed by atoms with Crippen molar-refractivity contribution in [2.75, 3.05) is 0 Å². The summed E-state index contributed by atoms with van der Waals surface area (Å²) in [6.07, 6.45) is 4.28. The van der Waals surface area contributed by atoms with Gasteiger partial charge in [0.1, 0.15) is 23.9 Å². The normalized spacial score (nSPS) is 22.1. The Morgan fingerprint density at radius 3 is 2.50 bits per heavy atom. The lowest BCUT2D eigenvalue weighted by Crippen LogP contribution is -2.37. The van der Waals surface area contributed by atoms with Crippen LogP contribution < -0.4 is 0 Å². The minimum Gasteiger partial charge on any atom is -0.411 e. The molecule has 1 N–H and O–H groups in total. The van der Waals surface area contributed by atoms with Gasteiger partial charge in [0.25, 0.3) is 0 Å². The van der Waals surface area contributed by atoms with E-state index in [1.807, 2.05) is 0 Å². The summed E-state index contributed by atoms with van der Waals surface area (Å²) in [5, 5.41) is 23.1. The van der Waals surface area contributed by atoms with Crippen LogP contribution in [0.4, 0.5) is 3.89 Å². The average Bonchev–Trinajstić information content (AvgIpc) is 2.37. The number of nitriles is 1. The van der Waals surface area contributed by atoms with Crippen LogP contribution in [0, 0.1) is 22.2 Å². The molecule has 0 radical (unpaired) electrons. The molecule has 0 aromatic rings. The summed E-state index contributed by atoms with van der Waals surface area (Å²) in [7, 11) is 0. The van der Waals surface area contributed by atoms with Crippen molar-refractivity contribution in [2.24, 2.45) is 16.3 Å². The average molecular weight is 245 g/mol. The van der Waals surface area contributed by atoms with E-state index in [1.54, 1.807) is 0 Å². The molecule has 0 aromatic carbocycles. The van der Waals surface area contributed by atoms with Crippen molar-refractivity contribution in [1.29, 1.82) is 5.26 Å². The first-order valence-electron chi connectivity index (χ1n) is 5.02. The van der Waals surface area contributed by atoms with Crippen LogP contribution >= 0.6 is 12.1 Å². The maximum Gasteiger partial charge on any atom is 0.303 e. The van der Waals surface area contributed by atoms with E-state index in [-0.39, 0.29) is 11.6 Å². The molecule has 0 amide bonds. The molecule has 0 saturated heterocycles. The van der Waals surface area contributed by atoms with E-state index >= 15 is 0 Å². The highest BCUT2D eigenvalue weighted by atomic mass is 32.2. The topological polar surface area (TPSA) is 85.8 Å². The molecule has 1 atom stereocenters. The number of hydrogen-bond acceptors (Lipinski definition) is 6. The molecule has 16 heavy (non-hydrogen) atoms. The Hall–Kier alpha value is -1.16. The van der Waals surface area contributed by atoms with Gasteiger partial charge >= 0.3 is 4.87 Å². The van der Waals surface area contributed by atoms with E-state index in [0.29, 0.717) is 12.8 Å². The van der Waals surface area contributed by atoms with E-state index in [1.165, 1.54) is 6.07 Å². The van der Waals surface area contributed by atoms with Gasteiger partial charge in [-0.15, -0.1) is 4.91 Å². The van der Waals surface area contributed by atoms with Crippen LogP contribution in [0.3, 0.4) is 0 Å². The molecule has 1 aliphatic carbocycles. The van der Waals surface area contributed by atoms with Crippen molar-refractivity contribution in [3.8, 4) is 6.07 Å². The van der Waals surface area contributed by atoms with E-state index < -0.39 is 17.0 Å². The van der Waals surface area contributed by atoms with Crippen molar-refractivity contribution < 1.29 is 9.09 Å². The SMILES string of the molecule is N#CC(N=O)(SF)/C(=N\O)C1CCCCC1. The van der Waals surface area contributed by atoms with Crippen LogP contribution in [0.5, 0.6) is 0 Å². The molecule has 1 unspecified atom stereocenters. The van der Waals surface area contributed by atoms with Crippen molar-refractivity contribution in [1.82, 2.24) is 0 Å². The van der Waals surface area contributed by atoms with Gasteiger partial charge in [-0.2, -0.15) is 9.15 Å². The second-order valence-electron chi connectivity index (χ2n) is 3.74. The van der Waals surface area contributed by atoms with Gasteiger partial charge in [-0.25, -0.2) is 0 Å². The fraction of sp³-hybridized carbons (Fsp3) is 0.778. The zero-order chi connectivity index (χ0) is 12.0. The van der Waals surface area contributed by atoms with Gasteiger partial charge in [0.05, 0.1) is 0 Å². The van der Waals surface area contributed by atoms with Crippen molar-refractivity contribution in [2.45, 2.75) is 37.0 Å². The predicted octanol–water partition coefficient (Wildman–Crippen LogP) is 3.00. The molecule has 7 heteroatoms. The van der Waals surface area contributed by atoms with Crippen molar-refractivity contribution >= 4 is 17.9 Å². The number of halogens is 1. The van der Waals surface area contributed by atoms with Crippen LogP contribution in [0.15, 0.2) is 10.3 Å². The van der Waals surface area contributed by atoms with Gasteiger partial charge in [0, 0.05) is 5.92 Å². The first kappa shape index (κ1) is 12.9. The summed E-state index contributed by atoms with van der Waals surface area (Å²) in [4.78, 5) is 8.38. The lowest BCUT2D eigenvalue weighted by Gasteiger charge is -2.26. The molecular formula is C9H12FN3O2S. The predicted molar refractivity (Wildman–Crippen MR) is 58.6 cm³/mol. The highest BCUT2D eigenvalue weighted by molar-refractivity contribution is 7.96. The Bertz CT molecular complexity index is 325. The highest BCUT2D eigenvalue weighted by Crippen LogP contribution is 2.36. The lowest BCUT2D eigenvalue weighted by atomic mass is 9.83. The molecular weight excluding hydrogens is 233 g/mol. The van der Waals surface area contributed by atoms with Gasteiger partial charge in [-0.1, -0.05) is 24.4 Å². The smallest absolute Gasteiger partial charge is 0.303 e. The highest BCUT2D eigenvalue weighted by Gasteiger charge is 2.45. The Kier molecular flexibility index (Phi) is 4.68. The van der Waals surface area contributed by atoms with E-state index in [9.17, 15) is 8.79 Å². The first-order valence-corrected chi connectivity index (χ1v) is 5.73. The molecule has 88 valence electrons. The molecule has 0 aromatic heterocycles. The number of nitrogens with zero attached hydrogens (tertiary/aromatic N) is 3. The summed E-state index contributed by atoms with van der Waals surface area (Å²) in [5.74, 6) is -0.237. The van der Waals surface area contributed by atoms with Crippen LogP contribution in [-0.4, -0.2) is 15.8 Å². The molecule has 0 spiro atoms. The summed E-state index contributed by atoms with van der Waals surface area (Å²) in [6.45, 7) is 0. The third kappa shape index (κ3) is 2.32. The molecule has 0 aliphatic heterocycles. The third-order valence-corrected chi connectivity index (χ3v) is 3.44. The quantitative estimate of drug-likeness (QED) is 0.357. The molecule has 0 heterocycles. The largest absolute Gasteiger partial charge is 0.411 e. The molecule has 5 nitrogen and oxygen atoms in total. The number of rotatable bonds is 4. The standard InChI is InChI=1S/C9H12FN3O2S/c10-16-9(6-11,13-15)8(12-14)7-4-2-1-3-5-7/h7,14H,1-5H2/b12-8-. The molecule has 0 bridgehead atoms. The van der Waals surface area contributed by atoms with Crippen LogP contribution in [0.25, 0.3) is 0 Å². The second kappa shape index (κ2) is 5.80. The van der Waals surface area contributed by atoms with Crippen LogP contribution in [0.1, 0.15) is 32.1 Å². The minimum absolute atomic E-state index is 0.155. The fourth-order valence-electron chi connectivity index (χ4n) is 2.00. The molecule has 1 fully saturated rings. The summed E-state index contributed by atoms with van der Waals surface area (Å²) in [5.41, 5.74) is -0.155. The zero-order valence-corrected chi connectivity index (χ0v) is 9.41. The van der Waals surface area contributed by atoms with Gasteiger partial charge in [0.2, 0.25) is 0 Å². The summed E-state index contributed by atoms with van der Waals surface area (Å²) < 4.78 is 12.7. The Morgan fingerprint density at radius 1 is 1.50 bits per heavy atom. The molecule has 1 aliphatic rings. The maximum atomic E-state index is 12.7. The van der Waals surface area contributed by atoms with Crippen LogP contribution in [0.2, 0.25) is 0 Å². The minimum atomic E-state index is -2.23. The second-order valence-corrected chi connectivity index (χ2v) is 4.49. The first-order chi connectivity index (χ1) is 7.74. The van der Waals surface area contributed by atoms with E-state index in [0.717, 1.165) is 19.3 Å². The van der Waals surface area contributed by atoms with Gasteiger partial charge in [0.15, 0.2) is 0 Å².